The van der Waals surface area contributed by atoms with E-state index in [1.807, 2.05) is 32.9 Å². The zero-order valence-electron chi connectivity index (χ0n) is 18.4. The van der Waals surface area contributed by atoms with Crippen LogP contribution < -0.4 is 10.8 Å². The number of carbonyl (C=O) groups is 1. The van der Waals surface area contributed by atoms with Gasteiger partial charge in [0.25, 0.3) is 0 Å². The van der Waals surface area contributed by atoms with E-state index in [1.165, 1.54) is 5.69 Å². The van der Waals surface area contributed by atoms with Gasteiger partial charge in [-0.15, -0.1) is 5.90 Å². The number of anilines is 1. The third-order valence-corrected chi connectivity index (χ3v) is 5.68. The van der Waals surface area contributed by atoms with Gasteiger partial charge in [-0.3, -0.25) is 14.6 Å². The van der Waals surface area contributed by atoms with Crippen LogP contribution in [0.5, 0.6) is 0 Å². The molecule has 1 aromatic carbocycles. The van der Waals surface area contributed by atoms with Crippen LogP contribution in [-0.4, -0.2) is 79.4 Å². The van der Waals surface area contributed by atoms with Crippen molar-refractivity contribution >= 4 is 17.9 Å². The lowest BCUT2D eigenvalue weighted by molar-refractivity contribution is -0.156. The Morgan fingerprint density at radius 3 is 2.30 bits per heavy atom. The van der Waals surface area contributed by atoms with Crippen molar-refractivity contribution in [3.63, 3.8) is 0 Å². The fourth-order valence-corrected chi connectivity index (χ4v) is 4.21. The Balaban J connectivity index is 1.41. The lowest BCUT2D eigenvalue weighted by Crippen LogP contribution is -2.53. The molecule has 2 saturated heterocycles. The van der Waals surface area contributed by atoms with Crippen LogP contribution in [0.4, 0.5) is 5.69 Å². The van der Waals surface area contributed by atoms with Crippen molar-refractivity contribution < 1.29 is 14.5 Å². The quantitative estimate of drug-likeness (QED) is 0.429. The van der Waals surface area contributed by atoms with Gasteiger partial charge < -0.3 is 14.6 Å². The van der Waals surface area contributed by atoms with E-state index in [0.717, 1.165) is 57.7 Å². The van der Waals surface area contributed by atoms with Crippen molar-refractivity contribution in [2.45, 2.75) is 45.3 Å². The summed E-state index contributed by atoms with van der Waals surface area (Å²) >= 11 is 0. The molecule has 0 aliphatic carbocycles. The molecule has 30 heavy (non-hydrogen) atoms. The highest BCUT2D eigenvalue weighted by molar-refractivity contribution is 5.79. The number of carbonyl (C=O) groups excluding carboxylic acids is 1. The highest BCUT2D eigenvalue weighted by Crippen LogP contribution is 2.22. The first-order valence-electron chi connectivity index (χ1n) is 10.8. The van der Waals surface area contributed by atoms with Crippen LogP contribution in [0.2, 0.25) is 0 Å². The minimum absolute atomic E-state index is 0.123. The number of esters is 1. The van der Waals surface area contributed by atoms with E-state index in [9.17, 15) is 4.79 Å². The Kier molecular flexibility index (Phi) is 7.69. The summed E-state index contributed by atoms with van der Waals surface area (Å²) in [6.07, 6.45) is 3.82. The summed E-state index contributed by atoms with van der Waals surface area (Å²) in [5.74, 6) is 4.79. The lowest BCUT2D eigenvalue weighted by Gasteiger charge is -2.43. The molecule has 2 aliphatic heterocycles. The highest BCUT2D eigenvalue weighted by atomic mass is 16.7. The molecule has 0 radical (unpaired) electrons. The molecule has 2 aliphatic rings. The predicted octanol–water partition coefficient (Wildman–Crippen LogP) is 1.84. The van der Waals surface area contributed by atoms with Crippen LogP contribution in [0.1, 0.15) is 39.2 Å². The lowest BCUT2D eigenvalue weighted by atomic mass is 10.0. The topological polar surface area (TPSA) is 83.6 Å². The average Bonchev–Trinajstić information content (AvgIpc) is 2.72. The molecular weight excluding hydrogens is 382 g/mol. The molecule has 0 bridgehead atoms. The number of piperazine rings is 1. The molecule has 166 valence electrons. The molecule has 0 atom stereocenters. The van der Waals surface area contributed by atoms with Gasteiger partial charge in [-0.1, -0.05) is 17.3 Å². The number of piperidine rings is 1. The second-order valence-corrected chi connectivity index (χ2v) is 9.05. The number of likely N-dealkylation sites (tertiary alicyclic amines) is 1. The molecule has 0 amide bonds. The van der Waals surface area contributed by atoms with Crippen molar-refractivity contribution in [2.24, 2.45) is 11.1 Å². The van der Waals surface area contributed by atoms with Crippen LogP contribution in [0, 0.1) is 0 Å². The van der Waals surface area contributed by atoms with Crippen LogP contribution >= 0.6 is 0 Å². The molecule has 2 fully saturated rings. The highest BCUT2D eigenvalue weighted by Gasteiger charge is 2.29. The Labute approximate surface area is 179 Å². The number of hydrogen-bond donors (Lipinski definition) is 1. The van der Waals surface area contributed by atoms with Crippen molar-refractivity contribution in [3.05, 3.63) is 29.8 Å². The van der Waals surface area contributed by atoms with Crippen molar-refractivity contribution in [2.75, 3.05) is 50.7 Å². The molecule has 3 rings (SSSR count). The van der Waals surface area contributed by atoms with Gasteiger partial charge in [-0.05, 0) is 51.3 Å². The summed E-state index contributed by atoms with van der Waals surface area (Å²) < 4.78 is 5.45. The second-order valence-electron chi connectivity index (χ2n) is 9.05. The Morgan fingerprint density at radius 1 is 1.10 bits per heavy atom. The van der Waals surface area contributed by atoms with Crippen LogP contribution in [-0.2, 0) is 14.5 Å². The van der Waals surface area contributed by atoms with Crippen LogP contribution in [0.3, 0.4) is 0 Å². The summed E-state index contributed by atoms with van der Waals surface area (Å²) in [6.45, 7) is 12.2. The number of oxime groups is 1. The van der Waals surface area contributed by atoms with Gasteiger partial charge in [0.1, 0.15) is 5.60 Å². The maximum Gasteiger partial charge on any atom is 0.320 e. The molecular formula is C22H35N5O3. The standard InChI is InChI=1S/C22H35N5O3/c1-22(2,3)29-21(28)17-25-10-8-20(9-11-25)27-14-12-26(13-15-27)19-6-4-18(5-7-19)16-24-30-23/h4-7,16,20H,8-15,17,23H2,1-3H3. The third-order valence-electron chi connectivity index (χ3n) is 5.68. The van der Waals surface area contributed by atoms with Gasteiger partial charge in [0.15, 0.2) is 0 Å². The fourth-order valence-electron chi connectivity index (χ4n) is 4.21. The van der Waals surface area contributed by atoms with Gasteiger partial charge in [-0.25, -0.2) is 0 Å². The molecule has 0 aromatic heterocycles. The molecule has 2 heterocycles. The normalized spacial score (nSPS) is 19.9. The number of hydrogen-bond acceptors (Lipinski definition) is 8. The largest absolute Gasteiger partial charge is 0.459 e. The van der Waals surface area contributed by atoms with Gasteiger partial charge in [0.2, 0.25) is 0 Å². The molecule has 0 saturated carbocycles. The van der Waals surface area contributed by atoms with Crippen molar-refractivity contribution in [3.8, 4) is 0 Å². The van der Waals surface area contributed by atoms with Crippen molar-refractivity contribution in [1.29, 1.82) is 0 Å². The van der Waals surface area contributed by atoms with Crippen LogP contribution in [0.25, 0.3) is 0 Å². The Hall–Kier alpha value is -2.16. The monoisotopic (exact) mass is 417 g/mol. The van der Waals surface area contributed by atoms with E-state index in [-0.39, 0.29) is 5.97 Å². The summed E-state index contributed by atoms with van der Waals surface area (Å²) in [5, 5.41) is 3.59. The Bertz CT molecular complexity index is 700. The molecule has 1 aromatic rings. The SMILES string of the molecule is CC(C)(C)OC(=O)CN1CCC(N2CCN(c3ccc(C=NON)cc3)CC2)CC1. The fraction of sp³-hybridized carbons (Fsp3) is 0.636. The van der Waals surface area contributed by atoms with E-state index in [2.05, 4.69) is 36.9 Å². The summed E-state index contributed by atoms with van der Waals surface area (Å²) in [5.41, 5.74) is 1.77. The molecule has 8 heteroatoms. The van der Waals surface area contributed by atoms with Gasteiger partial charge in [0.05, 0.1) is 12.8 Å². The van der Waals surface area contributed by atoms with E-state index >= 15 is 0 Å². The molecule has 0 unspecified atom stereocenters. The summed E-state index contributed by atoms with van der Waals surface area (Å²) in [7, 11) is 0. The van der Waals surface area contributed by atoms with Gasteiger partial charge >= 0.3 is 5.97 Å². The van der Waals surface area contributed by atoms with E-state index in [4.69, 9.17) is 10.6 Å². The predicted molar refractivity (Wildman–Crippen MR) is 118 cm³/mol. The molecule has 2 N–H and O–H groups in total. The Morgan fingerprint density at radius 2 is 1.73 bits per heavy atom. The summed E-state index contributed by atoms with van der Waals surface area (Å²) in [6, 6.07) is 8.87. The van der Waals surface area contributed by atoms with E-state index in [1.54, 1.807) is 6.21 Å². The van der Waals surface area contributed by atoms with E-state index < -0.39 is 5.60 Å². The first-order valence-corrected chi connectivity index (χ1v) is 10.8. The molecule has 8 nitrogen and oxygen atoms in total. The minimum atomic E-state index is -0.415. The number of benzene rings is 1. The summed E-state index contributed by atoms with van der Waals surface area (Å²) in [4.78, 5) is 23.5. The zero-order valence-corrected chi connectivity index (χ0v) is 18.4. The minimum Gasteiger partial charge on any atom is -0.459 e. The first kappa shape index (κ1) is 22.5. The number of rotatable bonds is 6. The maximum atomic E-state index is 12.1. The number of nitrogens with zero attached hydrogens (tertiary/aromatic N) is 4. The van der Waals surface area contributed by atoms with Gasteiger partial charge in [0, 0.05) is 51.0 Å². The number of ether oxygens (including phenoxy) is 1. The zero-order chi connectivity index (χ0) is 21.6. The molecule has 0 spiro atoms. The maximum absolute atomic E-state index is 12.1. The first-order chi connectivity index (χ1) is 14.3. The average molecular weight is 418 g/mol. The van der Waals surface area contributed by atoms with Crippen LogP contribution in [0.15, 0.2) is 29.4 Å². The van der Waals surface area contributed by atoms with E-state index in [0.29, 0.717) is 12.6 Å². The van der Waals surface area contributed by atoms with Crippen molar-refractivity contribution in [1.82, 2.24) is 9.80 Å². The van der Waals surface area contributed by atoms with Gasteiger partial charge in [-0.2, -0.15) is 0 Å². The smallest absolute Gasteiger partial charge is 0.320 e. The third kappa shape index (κ3) is 6.68. The second kappa shape index (κ2) is 10.2. The number of nitrogens with two attached hydrogens (primary N) is 1.